The molecule has 9 nitrogen and oxygen atoms in total. The molecule has 0 spiro atoms. The standard InChI is InChI=1S/C17H13N5O4/c23-15(20-14-8-7-11-4-1-2-5-12(11)19-14)10-16(24)21-17-13(22(25)26)6-3-9-18-17/h1-9H,10H2,(H,18,21,24)(H,19,20,23). The monoisotopic (exact) mass is 351 g/mol. The number of fused-ring (bicyclic) bond motifs is 1. The lowest BCUT2D eigenvalue weighted by Crippen LogP contribution is -2.22. The Bertz CT molecular complexity index is 1010. The molecule has 2 N–H and O–H groups in total. The maximum absolute atomic E-state index is 12.0. The molecule has 2 amide bonds. The third kappa shape index (κ3) is 3.96. The number of carbonyl (C=O) groups is 2. The van der Waals surface area contributed by atoms with E-state index in [9.17, 15) is 19.7 Å². The molecule has 2 aromatic heterocycles. The SMILES string of the molecule is O=C(CC(=O)Nc1ncccc1[N+](=O)[O-])Nc1ccc2ccccc2n1. The number of amides is 2. The predicted molar refractivity (Wildman–Crippen MR) is 94.5 cm³/mol. The molecule has 2 heterocycles. The fourth-order valence-electron chi connectivity index (χ4n) is 2.29. The Labute approximate surface area is 147 Å². The molecule has 3 aromatic rings. The average molecular weight is 351 g/mol. The van der Waals surface area contributed by atoms with Crippen molar-refractivity contribution in [1.29, 1.82) is 0 Å². The summed E-state index contributed by atoms with van der Waals surface area (Å²) in [7, 11) is 0. The summed E-state index contributed by atoms with van der Waals surface area (Å²) >= 11 is 0. The van der Waals surface area contributed by atoms with E-state index in [0.717, 1.165) is 5.39 Å². The van der Waals surface area contributed by atoms with Gasteiger partial charge in [0.25, 0.3) is 0 Å². The van der Waals surface area contributed by atoms with Crippen LogP contribution in [0.3, 0.4) is 0 Å². The van der Waals surface area contributed by atoms with Crippen LogP contribution in [0.4, 0.5) is 17.3 Å². The molecule has 0 bridgehead atoms. The number of pyridine rings is 2. The lowest BCUT2D eigenvalue weighted by atomic mass is 10.2. The van der Waals surface area contributed by atoms with Gasteiger partial charge in [0.2, 0.25) is 17.6 Å². The third-order valence-electron chi connectivity index (χ3n) is 3.43. The second-order valence-corrected chi connectivity index (χ2v) is 5.29. The Morgan fingerprint density at radius 3 is 2.58 bits per heavy atom. The number of hydrogen-bond acceptors (Lipinski definition) is 6. The van der Waals surface area contributed by atoms with Crippen molar-refractivity contribution >= 4 is 40.0 Å². The first kappa shape index (κ1) is 17.0. The van der Waals surface area contributed by atoms with Crippen LogP contribution in [0, 0.1) is 10.1 Å². The van der Waals surface area contributed by atoms with Gasteiger partial charge in [0.15, 0.2) is 0 Å². The van der Waals surface area contributed by atoms with Crippen molar-refractivity contribution in [3.8, 4) is 0 Å². The van der Waals surface area contributed by atoms with Crippen LogP contribution in [0.5, 0.6) is 0 Å². The zero-order valence-electron chi connectivity index (χ0n) is 13.4. The van der Waals surface area contributed by atoms with E-state index in [0.29, 0.717) is 11.3 Å². The number of para-hydroxylation sites is 1. The fourth-order valence-corrected chi connectivity index (χ4v) is 2.29. The van der Waals surface area contributed by atoms with E-state index in [1.54, 1.807) is 18.2 Å². The van der Waals surface area contributed by atoms with E-state index in [1.807, 2.05) is 18.2 Å². The third-order valence-corrected chi connectivity index (χ3v) is 3.43. The van der Waals surface area contributed by atoms with Gasteiger partial charge >= 0.3 is 5.69 Å². The van der Waals surface area contributed by atoms with Crippen LogP contribution < -0.4 is 10.6 Å². The number of nitrogens with zero attached hydrogens (tertiary/aromatic N) is 3. The van der Waals surface area contributed by atoms with E-state index >= 15 is 0 Å². The van der Waals surface area contributed by atoms with Crippen LogP contribution in [0.2, 0.25) is 0 Å². The number of rotatable bonds is 5. The first-order valence-corrected chi connectivity index (χ1v) is 7.58. The van der Waals surface area contributed by atoms with Gasteiger partial charge in [0, 0.05) is 17.6 Å². The van der Waals surface area contributed by atoms with Gasteiger partial charge in [-0.25, -0.2) is 9.97 Å². The molecule has 0 fully saturated rings. The van der Waals surface area contributed by atoms with Crippen LogP contribution in [0.1, 0.15) is 6.42 Å². The van der Waals surface area contributed by atoms with Crippen molar-refractivity contribution in [3.63, 3.8) is 0 Å². The smallest absolute Gasteiger partial charge is 0.310 e. The highest BCUT2D eigenvalue weighted by Crippen LogP contribution is 2.20. The number of nitrogens with one attached hydrogen (secondary N) is 2. The zero-order valence-corrected chi connectivity index (χ0v) is 13.4. The summed E-state index contributed by atoms with van der Waals surface area (Å²) in [5.74, 6) is -1.21. The molecule has 130 valence electrons. The zero-order chi connectivity index (χ0) is 18.5. The largest absolute Gasteiger partial charge is 0.311 e. The van der Waals surface area contributed by atoms with E-state index in [1.165, 1.54) is 18.3 Å². The summed E-state index contributed by atoms with van der Waals surface area (Å²) < 4.78 is 0. The summed E-state index contributed by atoms with van der Waals surface area (Å²) in [6, 6.07) is 13.4. The maximum Gasteiger partial charge on any atom is 0.311 e. The topological polar surface area (TPSA) is 127 Å². The first-order valence-electron chi connectivity index (χ1n) is 7.58. The van der Waals surface area contributed by atoms with E-state index in [-0.39, 0.29) is 11.5 Å². The summed E-state index contributed by atoms with van der Waals surface area (Å²) in [5.41, 5.74) is 0.358. The number of benzene rings is 1. The molecule has 0 saturated heterocycles. The Balaban J connectivity index is 1.64. The minimum atomic E-state index is -0.718. The van der Waals surface area contributed by atoms with Crippen molar-refractivity contribution in [2.45, 2.75) is 6.42 Å². The summed E-state index contributed by atoms with van der Waals surface area (Å²) in [5, 5.41) is 16.6. The highest BCUT2D eigenvalue weighted by atomic mass is 16.6. The molecule has 3 rings (SSSR count). The molecule has 9 heteroatoms. The molecule has 0 aliphatic carbocycles. The average Bonchev–Trinajstić information content (AvgIpc) is 2.61. The fraction of sp³-hybridized carbons (Fsp3) is 0.0588. The van der Waals surface area contributed by atoms with Crippen molar-refractivity contribution in [2.24, 2.45) is 0 Å². The van der Waals surface area contributed by atoms with Gasteiger partial charge < -0.3 is 10.6 Å². The Hall–Kier alpha value is -3.88. The van der Waals surface area contributed by atoms with Gasteiger partial charge in [-0.15, -0.1) is 0 Å². The van der Waals surface area contributed by atoms with Crippen LogP contribution in [0.25, 0.3) is 10.9 Å². The minimum absolute atomic E-state index is 0.209. The summed E-state index contributed by atoms with van der Waals surface area (Å²) in [4.78, 5) is 42.2. The highest BCUT2D eigenvalue weighted by molar-refractivity contribution is 6.08. The summed E-state index contributed by atoms with van der Waals surface area (Å²) in [6.45, 7) is 0. The predicted octanol–water partition coefficient (Wildman–Crippen LogP) is 2.51. The van der Waals surface area contributed by atoms with Crippen LogP contribution in [-0.2, 0) is 9.59 Å². The normalized spacial score (nSPS) is 10.3. The second kappa shape index (κ2) is 7.34. The summed E-state index contributed by atoms with van der Waals surface area (Å²) in [6.07, 6.45) is 0.782. The van der Waals surface area contributed by atoms with Crippen molar-refractivity contribution in [3.05, 3.63) is 64.8 Å². The van der Waals surface area contributed by atoms with Gasteiger partial charge in [-0.05, 0) is 24.3 Å². The number of carbonyl (C=O) groups excluding carboxylic acids is 2. The molecule has 0 atom stereocenters. The molecule has 0 unspecified atom stereocenters. The Morgan fingerprint density at radius 2 is 1.77 bits per heavy atom. The van der Waals surface area contributed by atoms with Crippen molar-refractivity contribution < 1.29 is 14.5 Å². The van der Waals surface area contributed by atoms with Crippen LogP contribution >= 0.6 is 0 Å². The molecular formula is C17H13N5O4. The molecule has 26 heavy (non-hydrogen) atoms. The molecule has 0 radical (unpaired) electrons. The molecule has 0 aliphatic rings. The van der Waals surface area contributed by atoms with Crippen LogP contribution in [-0.4, -0.2) is 26.7 Å². The maximum atomic E-state index is 12.0. The minimum Gasteiger partial charge on any atom is -0.310 e. The highest BCUT2D eigenvalue weighted by Gasteiger charge is 2.18. The molecule has 0 saturated carbocycles. The van der Waals surface area contributed by atoms with Gasteiger partial charge in [0.05, 0.1) is 10.4 Å². The van der Waals surface area contributed by atoms with Crippen molar-refractivity contribution in [2.75, 3.05) is 10.6 Å². The van der Waals surface area contributed by atoms with Gasteiger partial charge in [-0.1, -0.05) is 18.2 Å². The molecule has 1 aromatic carbocycles. The van der Waals surface area contributed by atoms with E-state index in [2.05, 4.69) is 20.6 Å². The lowest BCUT2D eigenvalue weighted by Gasteiger charge is -2.07. The van der Waals surface area contributed by atoms with Gasteiger partial charge in [-0.2, -0.15) is 0 Å². The number of anilines is 2. The number of nitro groups is 1. The Morgan fingerprint density at radius 1 is 1.00 bits per heavy atom. The van der Waals surface area contributed by atoms with E-state index < -0.39 is 23.2 Å². The number of aromatic nitrogens is 2. The van der Waals surface area contributed by atoms with E-state index in [4.69, 9.17) is 0 Å². The van der Waals surface area contributed by atoms with Crippen LogP contribution in [0.15, 0.2) is 54.7 Å². The lowest BCUT2D eigenvalue weighted by molar-refractivity contribution is -0.384. The number of hydrogen-bond donors (Lipinski definition) is 2. The first-order chi connectivity index (χ1) is 12.5. The van der Waals surface area contributed by atoms with Gasteiger partial charge in [0.1, 0.15) is 12.2 Å². The van der Waals surface area contributed by atoms with Crippen molar-refractivity contribution in [1.82, 2.24) is 9.97 Å². The Kier molecular flexibility index (Phi) is 4.79. The molecular weight excluding hydrogens is 338 g/mol. The quantitative estimate of drug-likeness (QED) is 0.413. The molecule has 0 aliphatic heterocycles. The second-order valence-electron chi connectivity index (χ2n) is 5.29. The van der Waals surface area contributed by atoms with Gasteiger partial charge in [-0.3, -0.25) is 19.7 Å².